The molecule has 0 atom stereocenters. The molecule has 5 rings (SSSR count). The SMILES string of the molecule is CS(=O)(=O)c1ccc(Nc2nc(Cl)nc(Nc3cc(S(=O)(=O)O)cc(N=Nc4c(S(=O)(=O)O)cc5ccccc5c4O)c3O)n2)cc1.[Cu]. The zero-order valence-electron chi connectivity index (χ0n) is 23.7. The van der Waals surface area contributed by atoms with Crippen molar-refractivity contribution < 1.29 is 61.6 Å². The molecular weight excluding hydrogens is 766 g/mol. The molecular formula is C26H20ClCuN7O10S3. The van der Waals surface area contributed by atoms with Gasteiger partial charge in [-0.05, 0) is 59.5 Å². The largest absolute Gasteiger partial charge is 0.505 e. The third-order valence-corrected chi connectivity index (χ3v) is 9.25. The molecule has 17 nitrogen and oxygen atoms in total. The number of nitrogens with one attached hydrogen (secondary N) is 2. The van der Waals surface area contributed by atoms with Crippen LogP contribution in [0.25, 0.3) is 10.8 Å². The molecule has 4 aromatic carbocycles. The first-order valence-electron chi connectivity index (χ1n) is 12.6. The van der Waals surface area contributed by atoms with Crippen molar-refractivity contribution in [2.24, 2.45) is 10.2 Å². The van der Waals surface area contributed by atoms with E-state index in [0.29, 0.717) is 11.8 Å². The summed E-state index contributed by atoms with van der Waals surface area (Å²) < 4.78 is 91.3. The summed E-state index contributed by atoms with van der Waals surface area (Å²) in [6.07, 6.45) is 1.04. The van der Waals surface area contributed by atoms with E-state index in [9.17, 15) is 44.6 Å². The number of azo groups is 1. The number of halogens is 1. The summed E-state index contributed by atoms with van der Waals surface area (Å²) in [5.74, 6) is -2.02. The second-order valence-electron chi connectivity index (χ2n) is 9.58. The zero-order valence-corrected chi connectivity index (χ0v) is 27.9. The molecule has 6 N–H and O–H groups in total. The summed E-state index contributed by atoms with van der Waals surface area (Å²) in [6, 6.07) is 14.0. The Morgan fingerprint density at radius 1 is 0.729 bits per heavy atom. The standard InChI is InChI=1S/C26H20ClN7O10S3.Cu/c1-45(37,38)15-8-6-14(7-9-15)28-25-30-24(27)31-26(32-25)29-18-11-16(46(39,40)41)12-19(23(18)36)33-34-21-20(47(42,43)44)10-13-4-2-3-5-17(13)22(21)35;/h2-12,35-36H,1H3,(H,39,40,41)(H,42,43,44)(H2,28,29,30,31,32);. The molecule has 0 saturated carbocycles. The monoisotopic (exact) mass is 784 g/mol. The molecule has 5 aromatic rings. The first-order valence-corrected chi connectivity index (χ1v) is 17.8. The van der Waals surface area contributed by atoms with Crippen molar-refractivity contribution in [2.45, 2.75) is 14.7 Å². The van der Waals surface area contributed by atoms with E-state index in [1.165, 1.54) is 36.4 Å². The minimum Gasteiger partial charge on any atom is -0.505 e. The van der Waals surface area contributed by atoms with Crippen LogP contribution < -0.4 is 10.6 Å². The van der Waals surface area contributed by atoms with Gasteiger partial charge in [-0.15, -0.1) is 10.2 Å². The van der Waals surface area contributed by atoms with E-state index in [1.807, 2.05) is 0 Å². The maximum Gasteiger partial charge on any atom is 0.296 e. The van der Waals surface area contributed by atoms with E-state index in [0.717, 1.165) is 18.4 Å². The number of nitrogens with zero attached hydrogens (tertiary/aromatic N) is 5. The van der Waals surface area contributed by atoms with Crippen LogP contribution in [0.3, 0.4) is 0 Å². The Hall–Kier alpha value is -4.47. The quantitative estimate of drug-likeness (QED) is 0.0503. The van der Waals surface area contributed by atoms with E-state index < -0.39 is 68.4 Å². The number of phenolic OH excluding ortho intramolecular Hbond substituents is 2. The Bertz CT molecular complexity index is 2430. The number of aromatic nitrogens is 3. The van der Waals surface area contributed by atoms with Gasteiger partial charge in [0.25, 0.3) is 20.2 Å². The van der Waals surface area contributed by atoms with Crippen molar-refractivity contribution in [3.05, 3.63) is 72.0 Å². The van der Waals surface area contributed by atoms with Crippen LogP contribution in [0, 0.1) is 0 Å². The van der Waals surface area contributed by atoms with Crippen LogP contribution in [0.5, 0.6) is 11.5 Å². The van der Waals surface area contributed by atoms with Crippen LogP contribution in [-0.4, -0.2) is 65.8 Å². The number of benzene rings is 4. The summed E-state index contributed by atoms with van der Waals surface area (Å²) in [6.45, 7) is 0. The zero-order chi connectivity index (χ0) is 34.3. The fourth-order valence-electron chi connectivity index (χ4n) is 4.10. The molecule has 1 radical (unpaired) electrons. The van der Waals surface area contributed by atoms with Crippen molar-refractivity contribution in [3.63, 3.8) is 0 Å². The summed E-state index contributed by atoms with van der Waals surface area (Å²) in [5.41, 5.74) is -1.49. The normalized spacial score (nSPS) is 12.2. The first-order chi connectivity index (χ1) is 21.9. The van der Waals surface area contributed by atoms with Crippen LogP contribution in [0.2, 0.25) is 5.28 Å². The maximum absolute atomic E-state index is 12.1. The number of hydrogen-bond donors (Lipinski definition) is 6. The number of hydrogen-bond acceptors (Lipinski definition) is 15. The van der Waals surface area contributed by atoms with Crippen LogP contribution >= 0.6 is 11.6 Å². The molecule has 0 amide bonds. The van der Waals surface area contributed by atoms with Crippen LogP contribution in [-0.2, 0) is 47.1 Å². The molecule has 0 fully saturated rings. The Morgan fingerprint density at radius 3 is 1.96 bits per heavy atom. The van der Waals surface area contributed by atoms with Gasteiger partial charge in [-0.2, -0.15) is 31.8 Å². The number of rotatable bonds is 9. The van der Waals surface area contributed by atoms with Gasteiger partial charge in [0, 0.05) is 34.4 Å². The molecule has 0 spiro atoms. The van der Waals surface area contributed by atoms with E-state index in [-0.39, 0.29) is 49.9 Å². The smallest absolute Gasteiger partial charge is 0.296 e. The van der Waals surface area contributed by atoms with Crippen molar-refractivity contribution >= 4 is 87.1 Å². The minimum atomic E-state index is -4.97. The van der Waals surface area contributed by atoms with Crippen molar-refractivity contribution in [1.82, 2.24) is 15.0 Å². The number of phenols is 2. The molecule has 48 heavy (non-hydrogen) atoms. The fraction of sp³-hybridized carbons (Fsp3) is 0.0385. The van der Waals surface area contributed by atoms with Gasteiger partial charge in [0.1, 0.15) is 16.3 Å². The topological polar surface area (TPSA) is 271 Å². The summed E-state index contributed by atoms with van der Waals surface area (Å²) >= 11 is 6.02. The number of aromatic hydroxyl groups is 2. The third-order valence-electron chi connectivity index (χ3n) is 6.25. The molecule has 0 bridgehead atoms. The Balaban J connectivity index is 0.00000520. The van der Waals surface area contributed by atoms with E-state index in [1.54, 1.807) is 12.1 Å². The molecule has 255 valence electrons. The molecule has 0 saturated heterocycles. The maximum atomic E-state index is 12.1. The van der Waals surface area contributed by atoms with Crippen molar-refractivity contribution in [3.8, 4) is 11.5 Å². The Morgan fingerprint density at radius 2 is 1.35 bits per heavy atom. The summed E-state index contributed by atoms with van der Waals surface area (Å²) in [5, 5.41) is 34.4. The Labute approximate surface area is 287 Å². The van der Waals surface area contributed by atoms with Gasteiger partial charge >= 0.3 is 0 Å². The molecule has 0 unspecified atom stereocenters. The van der Waals surface area contributed by atoms with Gasteiger partial charge < -0.3 is 20.8 Å². The molecule has 22 heteroatoms. The van der Waals surface area contributed by atoms with Gasteiger partial charge in [0.2, 0.25) is 17.2 Å². The van der Waals surface area contributed by atoms with E-state index in [2.05, 4.69) is 35.8 Å². The fourth-order valence-corrected chi connectivity index (χ4v) is 6.08. The average molecular weight is 786 g/mol. The average Bonchev–Trinajstić information content (AvgIpc) is 2.96. The third kappa shape index (κ3) is 8.14. The predicted molar refractivity (Wildman–Crippen MR) is 168 cm³/mol. The molecule has 1 heterocycles. The van der Waals surface area contributed by atoms with Crippen LogP contribution in [0.4, 0.5) is 34.6 Å². The number of sulfone groups is 1. The molecule has 0 aliphatic carbocycles. The van der Waals surface area contributed by atoms with Gasteiger partial charge in [0.15, 0.2) is 21.3 Å². The van der Waals surface area contributed by atoms with E-state index in [4.69, 9.17) is 11.6 Å². The van der Waals surface area contributed by atoms with E-state index >= 15 is 0 Å². The van der Waals surface area contributed by atoms with Gasteiger partial charge in [0.05, 0.1) is 15.5 Å². The summed E-state index contributed by atoms with van der Waals surface area (Å²) in [7, 11) is -13.4. The van der Waals surface area contributed by atoms with Crippen molar-refractivity contribution in [1.29, 1.82) is 0 Å². The van der Waals surface area contributed by atoms with Crippen LogP contribution in [0.15, 0.2) is 91.6 Å². The number of fused-ring (bicyclic) bond motifs is 1. The van der Waals surface area contributed by atoms with Crippen molar-refractivity contribution in [2.75, 3.05) is 16.9 Å². The van der Waals surface area contributed by atoms with Gasteiger partial charge in [-0.25, -0.2) is 8.42 Å². The second kappa shape index (κ2) is 13.6. The molecule has 1 aromatic heterocycles. The minimum absolute atomic E-state index is 0. The van der Waals surface area contributed by atoms with Gasteiger partial charge in [-0.1, -0.05) is 24.3 Å². The molecule has 0 aliphatic heterocycles. The predicted octanol–water partition coefficient (Wildman–Crippen LogP) is 4.89. The molecule has 0 aliphatic rings. The summed E-state index contributed by atoms with van der Waals surface area (Å²) in [4.78, 5) is 10.3. The van der Waals surface area contributed by atoms with Crippen LogP contribution in [0.1, 0.15) is 0 Å². The number of anilines is 4. The Kier molecular flexibility index (Phi) is 10.3. The first kappa shape index (κ1) is 36.4. The van der Waals surface area contributed by atoms with Gasteiger partial charge in [-0.3, -0.25) is 9.11 Å². The second-order valence-corrected chi connectivity index (χ2v) is 14.7.